The molecule has 0 aliphatic carbocycles. The topological polar surface area (TPSA) is 86.3 Å². The van der Waals surface area contributed by atoms with E-state index in [4.69, 9.17) is 0 Å². The fourth-order valence-electron chi connectivity index (χ4n) is 1.63. The Morgan fingerprint density at radius 2 is 1.47 bits per heavy atom. The molecule has 0 spiro atoms. The highest BCUT2D eigenvalue weighted by molar-refractivity contribution is 5.55. The molecule has 1 aromatic carbocycles. The van der Waals surface area contributed by atoms with Crippen molar-refractivity contribution in [3.05, 3.63) is 43.5 Å². The number of nitrogens with zero attached hydrogens (tertiary/aromatic N) is 2. The summed E-state index contributed by atoms with van der Waals surface area (Å²) in [6, 6.07) is 2.56. The molecule has 0 aromatic heterocycles. The highest BCUT2D eigenvalue weighted by Crippen LogP contribution is 2.35. The van der Waals surface area contributed by atoms with Crippen LogP contribution in [0.25, 0.3) is 0 Å². The molecule has 0 heterocycles. The van der Waals surface area contributed by atoms with E-state index in [0.29, 0.717) is 11.1 Å². The van der Waals surface area contributed by atoms with E-state index in [-0.39, 0.29) is 11.4 Å². The van der Waals surface area contributed by atoms with Crippen LogP contribution in [-0.2, 0) is 5.41 Å². The van der Waals surface area contributed by atoms with Crippen molar-refractivity contribution in [3.8, 4) is 0 Å². The molecular weight excluding hydrogens is 224 g/mol. The molecule has 6 heteroatoms. The quantitative estimate of drug-likeness (QED) is 0.585. The fraction of sp³-hybridized carbons (Fsp3) is 0.455. The second-order valence-electron chi connectivity index (χ2n) is 4.92. The van der Waals surface area contributed by atoms with E-state index >= 15 is 0 Å². The van der Waals surface area contributed by atoms with Gasteiger partial charge in [0.1, 0.15) is 0 Å². The summed E-state index contributed by atoms with van der Waals surface area (Å²) in [5.74, 6) is 0. The van der Waals surface area contributed by atoms with Gasteiger partial charge in [0.2, 0.25) is 0 Å². The Kier molecular flexibility index (Phi) is 3.17. The summed E-state index contributed by atoms with van der Waals surface area (Å²) < 4.78 is 0. The van der Waals surface area contributed by atoms with Crippen LogP contribution in [-0.4, -0.2) is 9.85 Å². The lowest BCUT2D eigenvalue weighted by molar-refractivity contribution is -0.390. The Labute approximate surface area is 98.6 Å². The maximum absolute atomic E-state index is 10.9. The van der Waals surface area contributed by atoms with Gasteiger partial charge in [0, 0.05) is 23.3 Å². The molecule has 0 N–H and O–H groups in total. The van der Waals surface area contributed by atoms with E-state index in [1.54, 1.807) is 20.8 Å². The Morgan fingerprint density at radius 3 is 1.82 bits per heavy atom. The zero-order valence-electron chi connectivity index (χ0n) is 10.2. The molecule has 0 fully saturated rings. The molecule has 6 nitrogen and oxygen atoms in total. The molecule has 17 heavy (non-hydrogen) atoms. The van der Waals surface area contributed by atoms with Crippen LogP contribution < -0.4 is 0 Å². The molecule has 1 rings (SSSR count). The molecule has 0 amide bonds. The van der Waals surface area contributed by atoms with Gasteiger partial charge in [-0.3, -0.25) is 20.2 Å². The molecule has 0 bridgehead atoms. The number of hydrogen-bond acceptors (Lipinski definition) is 4. The lowest BCUT2D eigenvalue weighted by Crippen LogP contribution is -2.14. The summed E-state index contributed by atoms with van der Waals surface area (Å²) in [5.41, 5.74) is 0.0107. The predicted octanol–water partition coefficient (Wildman–Crippen LogP) is 3.11. The standard InChI is InChI=1S/C11H14N2O4/c1-7-5-10(13(16)17)8(11(2,3)4)6-9(7)12(14)15/h5-6H,1-4H3. The number of aryl methyl sites for hydroxylation is 1. The smallest absolute Gasteiger partial charge is 0.258 e. The minimum atomic E-state index is -0.520. The van der Waals surface area contributed by atoms with Crippen LogP contribution in [0.1, 0.15) is 31.9 Å². The normalized spacial score (nSPS) is 11.3. The number of rotatable bonds is 2. The first-order valence-electron chi connectivity index (χ1n) is 5.08. The average molecular weight is 238 g/mol. The summed E-state index contributed by atoms with van der Waals surface area (Å²) >= 11 is 0. The third-order valence-electron chi connectivity index (χ3n) is 2.52. The van der Waals surface area contributed by atoms with Gasteiger partial charge in [0.15, 0.2) is 0 Å². The number of benzene rings is 1. The lowest BCUT2D eigenvalue weighted by atomic mass is 9.85. The van der Waals surface area contributed by atoms with Crippen molar-refractivity contribution in [2.24, 2.45) is 0 Å². The largest absolute Gasteiger partial charge is 0.273 e. The minimum absolute atomic E-state index is 0.0689. The zero-order valence-corrected chi connectivity index (χ0v) is 10.2. The predicted molar refractivity (Wildman–Crippen MR) is 63.2 cm³/mol. The van der Waals surface area contributed by atoms with E-state index in [1.807, 2.05) is 0 Å². The van der Waals surface area contributed by atoms with Gasteiger partial charge in [-0.2, -0.15) is 0 Å². The van der Waals surface area contributed by atoms with Crippen molar-refractivity contribution in [1.82, 2.24) is 0 Å². The van der Waals surface area contributed by atoms with Crippen molar-refractivity contribution in [3.63, 3.8) is 0 Å². The molecule has 0 aliphatic rings. The van der Waals surface area contributed by atoms with Crippen molar-refractivity contribution in [2.45, 2.75) is 33.1 Å². The van der Waals surface area contributed by atoms with Gasteiger partial charge in [0.25, 0.3) is 11.4 Å². The number of nitro groups is 2. The second kappa shape index (κ2) is 4.12. The number of nitro benzene ring substituents is 2. The summed E-state index contributed by atoms with van der Waals surface area (Å²) in [6.07, 6.45) is 0. The van der Waals surface area contributed by atoms with Gasteiger partial charge in [0.05, 0.1) is 9.85 Å². The van der Waals surface area contributed by atoms with Gasteiger partial charge < -0.3 is 0 Å². The van der Waals surface area contributed by atoms with Crippen molar-refractivity contribution in [2.75, 3.05) is 0 Å². The van der Waals surface area contributed by atoms with E-state index in [9.17, 15) is 20.2 Å². The average Bonchev–Trinajstić information content (AvgIpc) is 2.14. The second-order valence-corrected chi connectivity index (χ2v) is 4.92. The molecule has 0 unspecified atom stereocenters. The maximum Gasteiger partial charge on any atom is 0.273 e. The first kappa shape index (κ1) is 13.1. The Bertz CT molecular complexity index is 489. The molecule has 92 valence electrons. The van der Waals surface area contributed by atoms with Crippen LogP contribution in [0, 0.1) is 27.2 Å². The van der Waals surface area contributed by atoms with Crippen LogP contribution in [0.5, 0.6) is 0 Å². The van der Waals surface area contributed by atoms with Crippen molar-refractivity contribution in [1.29, 1.82) is 0 Å². The monoisotopic (exact) mass is 238 g/mol. The van der Waals surface area contributed by atoms with Crippen molar-refractivity contribution < 1.29 is 9.85 Å². The van der Waals surface area contributed by atoms with E-state index in [2.05, 4.69) is 0 Å². The van der Waals surface area contributed by atoms with Gasteiger partial charge in [-0.1, -0.05) is 20.8 Å². The molecule has 0 atom stereocenters. The summed E-state index contributed by atoms with van der Waals surface area (Å²) in [7, 11) is 0. The molecule has 0 saturated heterocycles. The van der Waals surface area contributed by atoms with Crippen LogP contribution in [0.3, 0.4) is 0 Å². The Morgan fingerprint density at radius 1 is 1.00 bits per heavy atom. The molecule has 0 saturated carbocycles. The van der Waals surface area contributed by atoms with Crippen molar-refractivity contribution >= 4 is 11.4 Å². The molecule has 0 aliphatic heterocycles. The summed E-state index contributed by atoms with van der Waals surface area (Å²) in [4.78, 5) is 20.7. The van der Waals surface area contributed by atoms with Gasteiger partial charge >= 0.3 is 0 Å². The van der Waals surface area contributed by atoms with Gasteiger partial charge in [-0.25, -0.2) is 0 Å². The van der Waals surface area contributed by atoms with E-state index in [0.717, 1.165) is 0 Å². The van der Waals surface area contributed by atoms with Crippen LogP contribution in [0.2, 0.25) is 0 Å². The SMILES string of the molecule is Cc1cc([N+](=O)[O-])c(C(C)(C)C)cc1[N+](=O)[O-]. The summed E-state index contributed by atoms with van der Waals surface area (Å²) in [5, 5.41) is 21.8. The Hall–Kier alpha value is -1.98. The minimum Gasteiger partial charge on any atom is -0.258 e. The molecular formula is C11H14N2O4. The maximum atomic E-state index is 10.9. The number of hydrogen-bond donors (Lipinski definition) is 0. The third-order valence-corrected chi connectivity index (χ3v) is 2.52. The first-order valence-corrected chi connectivity index (χ1v) is 5.08. The van der Waals surface area contributed by atoms with E-state index in [1.165, 1.54) is 19.1 Å². The van der Waals surface area contributed by atoms with Crippen LogP contribution >= 0.6 is 0 Å². The Balaban J connectivity index is 3.60. The third kappa shape index (κ3) is 2.58. The first-order chi connectivity index (χ1) is 7.64. The van der Waals surface area contributed by atoms with Crippen LogP contribution in [0.4, 0.5) is 11.4 Å². The summed E-state index contributed by atoms with van der Waals surface area (Å²) in [6.45, 7) is 6.86. The van der Waals surface area contributed by atoms with Gasteiger partial charge in [-0.05, 0) is 12.3 Å². The highest BCUT2D eigenvalue weighted by atomic mass is 16.6. The zero-order chi connectivity index (χ0) is 13.4. The molecule has 1 aromatic rings. The van der Waals surface area contributed by atoms with E-state index < -0.39 is 15.3 Å². The highest BCUT2D eigenvalue weighted by Gasteiger charge is 2.29. The van der Waals surface area contributed by atoms with Gasteiger partial charge in [-0.15, -0.1) is 0 Å². The fourth-order valence-corrected chi connectivity index (χ4v) is 1.63. The van der Waals surface area contributed by atoms with Crippen LogP contribution in [0.15, 0.2) is 12.1 Å². The molecule has 0 radical (unpaired) electrons. The lowest BCUT2D eigenvalue weighted by Gasteiger charge is -2.18.